The average Bonchev–Trinajstić information content (AvgIpc) is 4.07. The highest BCUT2D eigenvalue weighted by atomic mass is 32.1. The summed E-state index contributed by atoms with van der Waals surface area (Å²) in [6.07, 6.45) is 0. The highest BCUT2D eigenvalue weighted by Gasteiger charge is 2.32. The maximum Gasteiger partial charge on any atom is 0.220 e. The van der Waals surface area contributed by atoms with Crippen LogP contribution in [0.3, 0.4) is 0 Å². The van der Waals surface area contributed by atoms with Crippen LogP contribution in [-0.2, 0) is 0 Å². The van der Waals surface area contributed by atoms with Crippen LogP contribution in [0.5, 0.6) is 0 Å². The lowest BCUT2D eigenvalue weighted by Crippen LogP contribution is -2.06. The van der Waals surface area contributed by atoms with Crippen molar-refractivity contribution in [3.63, 3.8) is 0 Å². The summed E-state index contributed by atoms with van der Waals surface area (Å²) in [5, 5.41) is 9.32. The van der Waals surface area contributed by atoms with Crippen LogP contribution >= 0.6 is 22.7 Å². The molecular weight excluding hydrogens is 793 g/mol. The number of fused-ring (bicyclic) bond motifs is 12. The number of aromatic nitrogens is 2. The number of rotatable bonds is 4. The van der Waals surface area contributed by atoms with Crippen LogP contribution in [0.15, 0.2) is 182 Å². The van der Waals surface area contributed by atoms with Crippen LogP contribution < -0.4 is 0 Å². The standard InChI is InChI=1S/C56H30N4S2/c1-57-53-54(58-2)56(60-44-26-14-10-22-36(44)40-30-42-38-24-12-16-28-48(38)62-50(42)32-46(40)60)52(34-19-7-4-8-20-34)51(33-17-5-3-6-18-33)55(53)59-43-25-13-9-21-35(43)39-29-41-37-23-11-15-27-47(37)61-49(41)31-45(39)59/h3-32H. The summed E-state index contributed by atoms with van der Waals surface area (Å²) in [7, 11) is 0. The molecule has 4 heterocycles. The van der Waals surface area contributed by atoms with Crippen molar-refractivity contribution in [1.29, 1.82) is 0 Å². The van der Waals surface area contributed by atoms with E-state index >= 15 is 0 Å². The lowest BCUT2D eigenvalue weighted by atomic mass is 9.89. The van der Waals surface area contributed by atoms with Crippen LogP contribution in [0.25, 0.3) is 127 Å². The largest absolute Gasteiger partial charge is 0.320 e. The van der Waals surface area contributed by atoms with Gasteiger partial charge in [-0.1, -0.05) is 133 Å². The van der Waals surface area contributed by atoms with Gasteiger partial charge in [0, 0.05) is 84.4 Å². The molecule has 0 radical (unpaired) electrons. The summed E-state index contributed by atoms with van der Waals surface area (Å²) in [6.45, 7) is 18.3. The Morgan fingerprint density at radius 2 is 0.694 bits per heavy atom. The third kappa shape index (κ3) is 4.79. The van der Waals surface area contributed by atoms with Crippen LogP contribution in [0.4, 0.5) is 11.4 Å². The quantitative estimate of drug-likeness (QED) is 0.158. The van der Waals surface area contributed by atoms with Crippen LogP contribution in [0.2, 0.25) is 0 Å². The third-order valence-corrected chi connectivity index (χ3v) is 14.8. The molecule has 0 atom stereocenters. The van der Waals surface area contributed by atoms with Gasteiger partial charge in [-0.3, -0.25) is 0 Å². The molecule has 286 valence electrons. The minimum Gasteiger partial charge on any atom is -0.320 e. The molecule has 0 amide bonds. The summed E-state index contributed by atoms with van der Waals surface area (Å²) in [5.74, 6) is 0. The second-order valence-corrected chi connectivity index (χ2v) is 17.9. The Labute approximate surface area is 363 Å². The van der Waals surface area contributed by atoms with Gasteiger partial charge in [0.2, 0.25) is 11.4 Å². The molecule has 0 unspecified atom stereocenters. The van der Waals surface area contributed by atoms with Crippen molar-refractivity contribution in [3.8, 4) is 33.6 Å². The molecule has 0 saturated heterocycles. The van der Waals surface area contributed by atoms with E-state index in [2.05, 4.69) is 189 Å². The fraction of sp³-hybridized carbons (Fsp3) is 0. The molecule has 13 rings (SSSR count). The molecule has 4 nitrogen and oxygen atoms in total. The predicted octanol–water partition coefficient (Wildman–Crippen LogP) is 17.1. The predicted molar refractivity (Wildman–Crippen MR) is 264 cm³/mol. The number of nitrogens with zero attached hydrogens (tertiary/aromatic N) is 4. The van der Waals surface area contributed by atoms with Crippen LogP contribution in [-0.4, -0.2) is 9.13 Å². The molecule has 0 spiro atoms. The molecule has 4 aromatic heterocycles. The van der Waals surface area contributed by atoms with E-state index < -0.39 is 0 Å². The highest BCUT2D eigenvalue weighted by molar-refractivity contribution is 7.26. The maximum absolute atomic E-state index is 9.17. The van der Waals surface area contributed by atoms with E-state index in [0.29, 0.717) is 22.7 Å². The van der Waals surface area contributed by atoms with E-state index in [4.69, 9.17) is 13.1 Å². The Kier molecular flexibility index (Phi) is 7.44. The summed E-state index contributed by atoms with van der Waals surface area (Å²) < 4.78 is 9.39. The van der Waals surface area contributed by atoms with Crippen molar-refractivity contribution in [2.45, 2.75) is 0 Å². The van der Waals surface area contributed by atoms with Crippen molar-refractivity contribution >= 4 is 118 Å². The average molecular weight is 823 g/mol. The molecule has 0 bridgehead atoms. The summed E-state index contributed by atoms with van der Waals surface area (Å²) >= 11 is 3.58. The maximum atomic E-state index is 9.17. The first-order valence-electron chi connectivity index (χ1n) is 20.5. The molecule has 6 heteroatoms. The van der Waals surface area contributed by atoms with Crippen molar-refractivity contribution < 1.29 is 0 Å². The third-order valence-electron chi connectivity index (χ3n) is 12.5. The van der Waals surface area contributed by atoms with Gasteiger partial charge in [-0.05, 0) is 59.7 Å². The molecule has 0 fully saturated rings. The van der Waals surface area contributed by atoms with Gasteiger partial charge in [0.25, 0.3) is 0 Å². The van der Waals surface area contributed by atoms with Gasteiger partial charge in [0.05, 0.1) is 35.2 Å². The Balaban J connectivity index is 1.27. The molecular formula is C56H30N4S2. The summed E-state index contributed by atoms with van der Waals surface area (Å²) in [6, 6.07) is 64.4. The fourth-order valence-corrected chi connectivity index (χ4v) is 12.2. The second kappa shape index (κ2) is 13.3. The van der Waals surface area contributed by atoms with Gasteiger partial charge < -0.3 is 9.13 Å². The Morgan fingerprint density at radius 3 is 1.11 bits per heavy atom. The number of benzene rings is 9. The van der Waals surface area contributed by atoms with E-state index in [9.17, 15) is 0 Å². The van der Waals surface area contributed by atoms with E-state index in [1.54, 1.807) is 22.7 Å². The minimum absolute atomic E-state index is 0.321. The highest BCUT2D eigenvalue weighted by Crippen LogP contribution is 2.56. The number of para-hydroxylation sites is 2. The van der Waals surface area contributed by atoms with E-state index in [1.165, 1.54) is 40.3 Å². The Hall–Kier alpha value is -8.00. The fourth-order valence-electron chi connectivity index (χ4n) is 9.97. The summed E-state index contributed by atoms with van der Waals surface area (Å²) in [5.41, 5.74) is 9.75. The number of hydrogen-bond acceptors (Lipinski definition) is 2. The minimum atomic E-state index is 0.321. The van der Waals surface area contributed by atoms with Gasteiger partial charge in [-0.2, -0.15) is 0 Å². The van der Waals surface area contributed by atoms with Crippen molar-refractivity contribution in [1.82, 2.24) is 9.13 Å². The molecule has 0 saturated carbocycles. The van der Waals surface area contributed by atoms with Crippen molar-refractivity contribution in [2.75, 3.05) is 0 Å². The molecule has 0 aliphatic carbocycles. The van der Waals surface area contributed by atoms with E-state index in [1.807, 2.05) is 12.1 Å². The zero-order valence-corrected chi connectivity index (χ0v) is 34.6. The normalized spacial score (nSPS) is 11.8. The lowest BCUT2D eigenvalue weighted by Gasteiger charge is -2.26. The van der Waals surface area contributed by atoms with E-state index in [-0.39, 0.29) is 0 Å². The zero-order chi connectivity index (χ0) is 41.1. The molecule has 0 aliphatic rings. The first-order valence-corrected chi connectivity index (χ1v) is 22.1. The Bertz CT molecular complexity index is 3850. The second-order valence-electron chi connectivity index (χ2n) is 15.7. The van der Waals surface area contributed by atoms with Gasteiger partial charge in [-0.25, -0.2) is 9.69 Å². The van der Waals surface area contributed by atoms with Gasteiger partial charge in [0.15, 0.2) is 0 Å². The SMILES string of the molecule is [C-]#[N+]c1c([N+]#[C-])c(-n2c3ccccc3c3cc4c(cc32)sc2ccccc24)c(-c2ccccc2)c(-c2ccccc2)c1-n1c2ccccc2c2cc3c(cc21)sc1ccccc13. The molecule has 13 aromatic rings. The first-order chi connectivity index (χ1) is 30.7. The topological polar surface area (TPSA) is 18.6 Å². The molecule has 0 N–H and O–H groups in total. The van der Waals surface area contributed by atoms with Crippen LogP contribution in [0.1, 0.15) is 0 Å². The molecule has 9 aromatic carbocycles. The van der Waals surface area contributed by atoms with Crippen molar-refractivity contribution in [3.05, 3.63) is 205 Å². The van der Waals surface area contributed by atoms with Crippen molar-refractivity contribution in [2.24, 2.45) is 0 Å². The van der Waals surface area contributed by atoms with Crippen LogP contribution in [0, 0.1) is 13.1 Å². The monoisotopic (exact) mass is 822 g/mol. The van der Waals surface area contributed by atoms with Gasteiger partial charge in [0.1, 0.15) is 0 Å². The first kappa shape index (κ1) is 34.8. The number of thiophene rings is 2. The lowest BCUT2D eigenvalue weighted by molar-refractivity contribution is 1.16. The zero-order valence-electron chi connectivity index (χ0n) is 32.9. The van der Waals surface area contributed by atoms with Gasteiger partial charge >= 0.3 is 0 Å². The Morgan fingerprint density at radius 1 is 0.323 bits per heavy atom. The molecule has 0 aliphatic heterocycles. The smallest absolute Gasteiger partial charge is 0.220 e. The number of hydrogen-bond donors (Lipinski definition) is 0. The van der Waals surface area contributed by atoms with E-state index in [0.717, 1.165) is 65.9 Å². The summed E-state index contributed by atoms with van der Waals surface area (Å²) in [4.78, 5) is 8.89. The molecule has 62 heavy (non-hydrogen) atoms. The van der Waals surface area contributed by atoms with Gasteiger partial charge in [-0.15, -0.1) is 22.7 Å².